The summed E-state index contributed by atoms with van der Waals surface area (Å²) in [5.74, 6) is -2.88. The molecule has 164 valence electrons. The second-order valence-electron chi connectivity index (χ2n) is 7.14. The third-order valence-corrected chi connectivity index (χ3v) is 6.23. The molecular weight excluding hydrogens is 422 g/mol. The van der Waals surface area contributed by atoms with E-state index in [4.69, 9.17) is 0 Å². The van der Waals surface area contributed by atoms with E-state index < -0.39 is 17.6 Å². The second-order valence-corrected chi connectivity index (χ2v) is 8.14. The summed E-state index contributed by atoms with van der Waals surface area (Å²) in [6, 6.07) is 10.7. The summed E-state index contributed by atoms with van der Waals surface area (Å²) in [4.78, 5) is 26.5. The number of hydrogen-bond donors (Lipinski definition) is 1. The van der Waals surface area contributed by atoms with Crippen molar-refractivity contribution < 1.29 is 18.7 Å². The van der Waals surface area contributed by atoms with Crippen molar-refractivity contribution in [3.05, 3.63) is 75.4 Å². The van der Waals surface area contributed by atoms with Crippen molar-refractivity contribution >= 4 is 28.6 Å². The molecule has 1 aromatic heterocycles. The maximum Gasteiger partial charge on any atom is 0.323 e. The van der Waals surface area contributed by atoms with Crippen LogP contribution < -0.4 is 5.43 Å². The molecule has 0 aliphatic heterocycles. The minimum atomic E-state index is -1.06. The highest BCUT2D eigenvalue weighted by atomic mass is 32.2. The topological polar surface area (TPSA) is 62.5 Å². The summed E-state index contributed by atoms with van der Waals surface area (Å²) in [7, 11) is 0. The van der Waals surface area contributed by atoms with Gasteiger partial charge in [-0.05, 0) is 36.9 Å². The van der Waals surface area contributed by atoms with Crippen molar-refractivity contribution in [3.63, 3.8) is 0 Å². The van der Waals surface area contributed by atoms with Crippen molar-refractivity contribution in [3.8, 4) is 0 Å². The molecule has 2 aromatic carbocycles. The van der Waals surface area contributed by atoms with Gasteiger partial charge in [0.25, 0.3) is 0 Å². The van der Waals surface area contributed by atoms with Crippen LogP contribution in [0.1, 0.15) is 25.0 Å². The zero-order chi connectivity index (χ0) is 22.5. The van der Waals surface area contributed by atoms with E-state index in [1.54, 1.807) is 10.6 Å². The van der Waals surface area contributed by atoms with E-state index in [0.29, 0.717) is 22.5 Å². The molecular formula is C23H24F2N2O3S. The average Bonchev–Trinajstić information content (AvgIpc) is 2.75. The summed E-state index contributed by atoms with van der Waals surface area (Å²) >= 11 is 1.11. The predicted molar refractivity (Wildman–Crippen MR) is 118 cm³/mol. The van der Waals surface area contributed by atoms with Crippen LogP contribution in [-0.2, 0) is 23.6 Å². The van der Waals surface area contributed by atoms with Crippen LogP contribution in [0.15, 0.2) is 52.3 Å². The van der Waals surface area contributed by atoms with Gasteiger partial charge in [-0.3, -0.25) is 14.5 Å². The molecule has 0 spiro atoms. The van der Waals surface area contributed by atoms with Gasteiger partial charge in [-0.25, -0.2) is 8.78 Å². The average molecular weight is 447 g/mol. The predicted octanol–water partition coefficient (Wildman–Crippen LogP) is 4.50. The fourth-order valence-corrected chi connectivity index (χ4v) is 4.46. The Labute approximate surface area is 183 Å². The highest BCUT2D eigenvalue weighted by molar-refractivity contribution is 7.98. The number of aliphatic carboxylic acids is 1. The van der Waals surface area contributed by atoms with Crippen LogP contribution in [0.5, 0.6) is 0 Å². The normalized spacial score (nSPS) is 11.4. The largest absolute Gasteiger partial charge is 0.480 e. The van der Waals surface area contributed by atoms with Crippen LogP contribution in [0.4, 0.5) is 8.78 Å². The zero-order valence-corrected chi connectivity index (χ0v) is 18.2. The SMILES string of the molecule is CCN(CC)Cc1ccc2c(=O)cc(SCc3cccc(F)c3F)n(CC(=O)O)c2c1. The lowest BCUT2D eigenvalue weighted by atomic mass is 10.1. The van der Waals surface area contributed by atoms with Crippen molar-refractivity contribution in [1.29, 1.82) is 0 Å². The first-order chi connectivity index (χ1) is 14.8. The number of benzene rings is 2. The number of rotatable bonds is 9. The molecule has 0 saturated carbocycles. The van der Waals surface area contributed by atoms with Crippen LogP contribution in [-0.4, -0.2) is 33.6 Å². The fourth-order valence-electron chi connectivity index (χ4n) is 3.43. The van der Waals surface area contributed by atoms with Gasteiger partial charge in [0.2, 0.25) is 0 Å². The van der Waals surface area contributed by atoms with Crippen molar-refractivity contribution in [2.75, 3.05) is 13.1 Å². The smallest absolute Gasteiger partial charge is 0.323 e. The monoisotopic (exact) mass is 446 g/mol. The highest BCUT2D eigenvalue weighted by Gasteiger charge is 2.15. The van der Waals surface area contributed by atoms with Gasteiger partial charge in [0.15, 0.2) is 17.1 Å². The van der Waals surface area contributed by atoms with E-state index in [0.717, 1.165) is 36.5 Å². The van der Waals surface area contributed by atoms with Crippen LogP contribution in [0, 0.1) is 11.6 Å². The van der Waals surface area contributed by atoms with E-state index in [2.05, 4.69) is 18.7 Å². The maximum atomic E-state index is 14.0. The lowest BCUT2D eigenvalue weighted by Gasteiger charge is -2.20. The Morgan fingerprint density at radius 1 is 1.13 bits per heavy atom. The Morgan fingerprint density at radius 3 is 2.55 bits per heavy atom. The molecule has 0 aliphatic rings. The van der Waals surface area contributed by atoms with Gasteiger partial charge in [-0.1, -0.05) is 32.0 Å². The molecule has 0 unspecified atom stereocenters. The van der Waals surface area contributed by atoms with Gasteiger partial charge in [0, 0.05) is 29.3 Å². The highest BCUT2D eigenvalue weighted by Crippen LogP contribution is 2.27. The van der Waals surface area contributed by atoms with E-state index in [1.165, 1.54) is 18.2 Å². The molecule has 3 rings (SSSR count). The lowest BCUT2D eigenvalue weighted by molar-refractivity contribution is -0.137. The molecule has 1 N–H and O–H groups in total. The van der Waals surface area contributed by atoms with E-state index >= 15 is 0 Å². The first-order valence-electron chi connectivity index (χ1n) is 10.00. The first kappa shape index (κ1) is 23.0. The number of thioether (sulfide) groups is 1. The molecule has 0 aliphatic carbocycles. The number of fused-ring (bicyclic) bond motifs is 1. The van der Waals surface area contributed by atoms with E-state index in [-0.39, 0.29) is 23.3 Å². The zero-order valence-electron chi connectivity index (χ0n) is 17.4. The van der Waals surface area contributed by atoms with Crippen LogP contribution in [0.25, 0.3) is 10.9 Å². The molecule has 5 nitrogen and oxygen atoms in total. The Hall–Kier alpha value is -2.71. The number of halogens is 2. The number of carboxylic acid groups (broad SMARTS) is 1. The number of hydrogen-bond acceptors (Lipinski definition) is 4. The van der Waals surface area contributed by atoms with Gasteiger partial charge in [-0.2, -0.15) is 0 Å². The molecule has 0 saturated heterocycles. The summed E-state index contributed by atoms with van der Waals surface area (Å²) in [5.41, 5.74) is 1.39. The summed E-state index contributed by atoms with van der Waals surface area (Å²) in [6.07, 6.45) is 0. The Bertz CT molecular complexity index is 1160. The number of carboxylic acids is 1. The van der Waals surface area contributed by atoms with Gasteiger partial charge in [0.05, 0.1) is 10.5 Å². The molecule has 0 fully saturated rings. The van der Waals surface area contributed by atoms with Crippen molar-refractivity contribution in [2.45, 2.75) is 37.7 Å². The number of carbonyl (C=O) groups is 1. The van der Waals surface area contributed by atoms with Crippen LogP contribution in [0.2, 0.25) is 0 Å². The molecule has 0 radical (unpaired) electrons. The molecule has 0 bridgehead atoms. The number of aromatic nitrogens is 1. The summed E-state index contributed by atoms with van der Waals surface area (Å²) in [5, 5.41) is 10.3. The molecule has 0 amide bonds. The Morgan fingerprint density at radius 2 is 1.87 bits per heavy atom. The van der Waals surface area contributed by atoms with Gasteiger partial charge in [0.1, 0.15) is 6.54 Å². The lowest BCUT2D eigenvalue weighted by Crippen LogP contribution is -2.22. The van der Waals surface area contributed by atoms with Gasteiger partial charge < -0.3 is 9.67 Å². The van der Waals surface area contributed by atoms with Crippen LogP contribution >= 0.6 is 11.8 Å². The van der Waals surface area contributed by atoms with Crippen molar-refractivity contribution in [1.82, 2.24) is 9.47 Å². The number of nitrogens with zero attached hydrogens (tertiary/aromatic N) is 2. The van der Waals surface area contributed by atoms with Crippen molar-refractivity contribution in [2.24, 2.45) is 0 Å². The summed E-state index contributed by atoms with van der Waals surface area (Å²) < 4.78 is 29.1. The molecule has 1 heterocycles. The number of pyridine rings is 1. The van der Waals surface area contributed by atoms with Crippen LogP contribution in [0.3, 0.4) is 0 Å². The Kier molecular flexibility index (Phi) is 7.46. The maximum absolute atomic E-state index is 14.0. The molecule has 8 heteroatoms. The second kappa shape index (κ2) is 10.1. The third-order valence-electron chi connectivity index (χ3n) is 5.14. The fraction of sp³-hybridized carbons (Fsp3) is 0.304. The van der Waals surface area contributed by atoms with E-state index in [9.17, 15) is 23.5 Å². The quantitative estimate of drug-likeness (QED) is 0.491. The standard InChI is InChI=1S/C23H24F2N2O3S/c1-3-26(4-2)12-15-8-9-17-19(10-15)27(13-22(29)30)21(11-20(17)28)31-14-16-6-5-7-18(24)23(16)25/h5-11H,3-4,12-14H2,1-2H3,(H,29,30). The molecule has 31 heavy (non-hydrogen) atoms. The minimum Gasteiger partial charge on any atom is -0.480 e. The molecule has 0 atom stereocenters. The summed E-state index contributed by atoms with van der Waals surface area (Å²) in [6.45, 7) is 6.18. The van der Waals surface area contributed by atoms with Gasteiger partial charge >= 0.3 is 5.97 Å². The third kappa shape index (κ3) is 5.32. The first-order valence-corrected chi connectivity index (χ1v) is 11.0. The van der Waals surface area contributed by atoms with Gasteiger partial charge in [-0.15, -0.1) is 11.8 Å². The Balaban J connectivity index is 2.05. The minimum absolute atomic E-state index is 0.0628. The van der Waals surface area contributed by atoms with E-state index in [1.807, 2.05) is 12.1 Å². The molecule has 3 aromatic rings.